The monoisotopic (exact) mass is 436 g/mol. The zero-order chi connectivity index (χ0) is 20.7. The second kappa shape index (κ2) is 7.32. The van der Waals surface area contributed by atoms with Crippen LogP contribution < -0.4 is 4.74 Å². The molecule has 8 heteroatoms. The van der Waals surface area contributed by atoms with E-state index < -0.39 is 11.8 Å². The molecule has 0 saturated heterocycles. The number of carbonyl (C=O) groups is 1. The third kappa shape index (κ3) is 3.09. The summed E-state index contributed by atoms with van der Waals surface area (Å²) in [5, 5.41) is 15.6. The summed E-state index contributed by atoms with van der Waals surface area (Å²) in [6.45, 7) is 0. The number of hydrogen-bond donors (Lipinski definition) is 1. The minimum absolute atomic E-state index is 0.364. The first-order chi connectivity index (χ1) is 14.6. The highest BCUT2D eigenvalue weighted by atomic mass is 32.1. The van der Waals surface area contributed by atoms with E-state index in [4.69, 9.17) is 9.47 Å². The van der Waals surface area contributed by atoms with E-state index in [1.54, 1.807) is 60.9 Å². The number of ether oxygens (including phenoxy) is 2. The van der Waals surface area contributed by atoms with E-state index in [0.717, 1.165) is 22.8 Å². The van der Waals surface area contributed by atoms with Gasteiger partial charge in [0, 0.05) is 17.6 Å². The molecule has 1 aliphatic rings. The number of esters is 1. The minimum Gasteiger partial charge on any atom is -0.497 e. The summed E-state index contributed by atoms with van der Waals surface area (Å²) in [6, 6.07) is 14.3. The lowest BCUT2D eigenvalue weighted by molar-refractivity contribution is -0.185. The molecule has 0 radical (unpaired) electrons. The molecule has 1 atom stereocenters. The lowest BCUT2D eigenvalue weighted by Crippen LogP contribution is -2.29. The maximum absolute atomic E-state index is 13.0. The molecule has 0 amide bonds. The van der Waals surface area contributed by atoms with Crippen molar-refractivity contribution in [3.8, 4) is 5.75 Å². The van der Waals surface area contributed by atoms with Crippen LogP contribution in [0.4, 0.5) is 0 Å². The van der Waals surface area contributed by atoms with Gasteiger partial charge in [-0.25, -0.2) is 4.79 Å². The maximum atomic E-state index is 13.0. The fourth-order valence-corrected chi connectivity index (χ4v) is 4.81. The van der Waals surface area contributed by atoms with Crippen LogP contribution in [0.5, 0.6) is 5.75 Å². The van der Waals surface area contributed by atoms with Gasteiger partial charge in [-0.05, 0) is 58.3 Å². The van der Waals surface area contributed by atoms with Crippen molar-refractivity contribution in [2.24, 2.45) is 0 Å². The number of methoxy groups -OCH3 is 1. The van der Waals surface area contributed by atoms with Gasteiger partial charge in [0.25, 0.3) is 5.79 Å². The Morgan fingerprint density at radius 3 is 2.63 bits per heavy atom. The topological polar surface area (TPSA) is 81.5 Å². The number of cyclic esters (lactones) is 1. The summed E-state index contributed by atoms with van der Waals surface area (Å²) in [6.07, 6.45) is 0.375. The zero-order valence-electron chi connectivity index (χ0n) is 15.9. The molecular weight excluding hydrogens is 420 g/mol. The van der Waals surface area contributed by atoms with Gasteiger partial charge in [0.1, 0.15) is 16.8 Å². The van der Waals surface area contributed by atoms with Crippen LogP contribution in [0.3, 0.4) is 0 Å². The van der Waals surface area contributed by atoms with Gasteiger partial charge in [-0.2, -0.15) is 20.1 Å². The molecule has 0 spiro atoms. The fourth-order valence-electron chi connectivity index (χ4n) is 3.62. The number of hydrogen-bond acceptors (Lipinski definition) is 8. The highest BCUT2D eigenvalue weighted by molar-refractivity contribution is 7.08. The molecule has 2 aromatic carbocycles. The Kier molecular flexibility index (Phi) is 4.62. The van der Waals surface area contributed by atoms with Crippen molar-refractivity contribution in [2.45, 2.75) is 12.2 Å². The molecule has 0 bridgehead atoms. The molecule has 5 rings (SSSR count). The van der Waals surface area contributed by atoms with Crippen LogP contribution in [0.25, 0.3) is 16.6 Å². The van der Waals surface area contributed by atoms with Crippen molar-refractivity contribution in [2.75, 3.05) is 7.11 Å². The average Bonchev–Trinajstić information content (AvgIpc) is 3.49. The summed E-state index contributed by atoms with van der Waals surface area (Å²) in [5.41, 5.74) is 4.35. The second-order valence-electron chi connectivity index (χ2n) is 6.89. The summed E-state index contributed by atoms with van der Waals surface area (Å²) in [5.74, 6) is -1.77. The Hall–Kier alpha value is -3.07. The molecule has 3 heterocycles. The molecular formula is C22H16N2O4S2. The van der Waals surface area contributed by atoms with Crippen LogP contribution in [-0.4, -0.2) is 26.9 Å². The summed E-state index contributed by atoms with van der Waals surface area (Å²) in [4.78, 5) is 13.0. The Balaban J connectivity index is 1.69. The van der Waals surface area contributed by atoms with Gasteiger partial charge in [-0.3, -0.25) is 0 Å². The van der Waals surface area contributed by atoms with Crippen molar-refractivity contribution in [1.29, 1.82) is 0 Å². The van der Waals surface area contributed by atoms with Gasteiger partial charge in [0.2, 0.25) is 0 Å². The van der Waals surface area contributed by atoms with Gasteiger partial charge in [-0.1, -0.05) is 12.1 Å². The van der Waals surface area contributed by atoms with Crippen molar-refractivity contribution >= 4 is 45.6 Å². The lowest BCUT2D eigenvalue weighted by Gasteiger charge is -2.25. The molecule has 30 heavy (non-hydrogen) atoms. The van der Waals surface area contributed by atoms with Crippen LogP contribution >= 0.6 is 23.1 Å². The third-order valence-corrected chi connectivity index (χ3v) is 6.43. The quantitative estimate of drug-likeness (QED) is 0.473. The molecule has 0 saturated carbocycles. The lowest BCUT2D eigenvalue weighted by atomic mass is 9.88. The van der Waals surface area contributed by atoms with Crippen molar-refractivity contribution in [3.05, 3.63) is 81.6 Å². The highest BCUT2D eigenvalue weighted by Gasteiger charge is 2.48. The molecule has 2 aromatic heterocycles. The van der Waals surface area contributed by atoms with Crippen LogP contribution in [0.2, 0.25) is 0 Å². The molecule has 0 aliphatic carbocycles. The fraction of sp³-hybridized carbons (Fsp3) is 0.136. The summed E-state index contributed by atoms with van der Waals surface area (Å²) >= 11 is 2.66. The minimum atomic E-state index is -1.88. The van der Waals surface area contributed by atoms with Crippen LogP contribution in [0, 0.1) is 0 Å². The van der Waals surface area contributed by atoms with E-state index in [9.17, 15) is 9.90 Å². The van der Waals surface area contributed by atoms with E-state index in [-0.39, 0.29) is 0 Å². The number of aromatic nitrogens is 2. The first-order valence-corrected chi connectivity index (χ1v) is 10.8. The Labute approximate surface area is 180 Å². The molecule has 6 nitrogen and oxygen atoms in total. The number of nitrogens with zero attached hydrogens (tertiary/aromatic N) is 2. The van der Waals surface area contributed by atoms with Crippen molar-refractivity contribution in [1.82, 2.24) is 8.75 Å². The summed E-state index contributed by atoms with van der Waals surface area (Å²) in [7, 11) is 1.59. The highest BCUT2D eigenvalue weighted by Crippen LogP contribution is 2.45. The molecule has 1 aliphatic heterocycles. The van der Waals surface area contributed by atoms with E-state index in [1.807, 2.05) is 16.8 Å². The van der Waals surface area contributed by atoms with Gasteiger partial charge in [0.15, 0.2) is 0 Å². The smallest absolute Gasteiger partial charge is 0.341 e. The largest absolute Gasteiger partial charge is 0.497 e. The third-order valence-electron chi connectivity index (χ3n) is 5.14. The average molecular weight is 437 g/mol. The van der Waals surface area contributed by atoms with Gasteiger partial charge in [-0.15, -0.1) is 0 Å². The second-order valence-corrected chi connectivity index (χ2v) is 8.20. The number of carbonyl (C=O) groups excluding carboxylic acids is 1. The van der Waals surface area contributed by atoms with Crippen LogP contribution in [0.1, 0.15) is 16.7 Å². The number of fused-ring (bicyclic) bond motifs is 1. The van der Waals surface area contributed by atoms with Crippen LogP contribution in [-0.2, 0) is 21.7 Å². The first kappa shape index (κ1) is 18.9. The molecule has 1 N–H and O–H groups in total. The Morgan fingerprint density at radius 2 is 1.90 bits per heavy atom. The predicted octanol–water partition coefficient (Wildman–Crippen LogP) is 4.16. The standard InChI is InChI=1S/C22H16N2O4S2/c1-27-16-5-2-14(3-6-16)20-17(10-13-8-9-29-12-13)22(26,28-21(20)25)15-4-7-18-19(11-15)24-30-23-18/h2-9,11-12,26H,10H2,1H3. The molecule has 0 fully saturated rings. The maximum Gasteiger partial charge on any atom is 0.341 e. The first-order valence-electron chi connectivity index (χ1n) is 9.16. The summed E-state index contributed by atoms with van der Waals surface area (Å²) < 4.78 is 19.3. The Bertz CT molecular complexity index is 1260. The van der Waals surface area contributed by atoms with E-state index in [1.165, 1.54) is 0 Å². The number of benzene rings is 2. The number of rotatable bonds is 5. The van der Waals surface area contributed by atoms with E-state index in [2.05, 4.69) is 8.75 Å². The van der Waals surface area contributed by atoms with Crippen molar-refractivity contribution in [3.63, 3.8) is 0 Å². The van der Waals surface area contributed by atoms with Gasteiger partial charge >= 0.3 is 5.97 Å². The zero-order valence-corrected chi connectivity index (χ0v) is 17.5. The number of thiophene rings is 1. The molecule has 1 unspecified atom stereocenters. The van der Waals surface area contributed by atoms with Crippen LogP contribution in [0.15, 0.2) is 64.9 Å². The normalized spacial score (nSPS) is 18.8. The predicted molar refractivity (Wildman–Crippen MR) is 115 cm³/mol. The van der Waals surface area contributed by atoms with Gasteiger partial charge < -0.3 is 14.6 Å². The van der Waals surface area contributed by atoms with E-state index in [0.29, 0.717) is 40.0 Å². The van der Waals surface area contributed by atoms with E-state index >= 15 is 0 Å². The Morgan fingerprint density at radius 1 is 1.10 bits per heavy atom. The molecule has 150 valence electrons. The molecule has 4 aromatic rings. The van der Waals surface area contributed by atoms with Gasteiger partial charge in [0.05, 0.1) is 24.4 Å². The SMILES string of the molecule is COc1ccc(C2=C(Cc3ccsc3)C(O)(c3ccc4nsnc4c3)OC2=O)cc1. The van der Waals surface area contributed by atoms with Crippen molar-refractivity contribution < 1.29 is 19.4 Å². The number of aliphatic hydroxyl groups is 1.